The van der Waals surface area contributed by atoms with Crippen LogP contribution < -0.4 is 29.3 Å². The summed E-state index contributed by atoms with van der Waals surface area (Å²) in [6.07, 6.45) is 0. The second-order valence-electron chi connectivity index (χ2n) is 6.19. The Hall–Kier alpha value is -3.17. The summed E-state index contributed by atoms with van der Waals surface area (Å²) in [6, 6.07) is 3.31. The van der Waals surface area contributed by atoms with Crippen molar-refractivity contribution in [2.24, 2.45) is 0 Å². The zero-order valence-corrected chi connectivity index (χ0v) is 17.7. The zero-order valence-electron chi connectivity index (χ0n) is 17.7. The molecule has 0 bridgehead atoms. The number of benzene rings is 2. The standard InChI is InChI=1S/C21H24O9/c1-23-10-29-9-11-7-13(24-2)18(27-5)20-15(11)16-12(21(22)30-20)8-14(25-3)17(26-4)19(16)28-6/h7-8H,9-10H2,1-6H3. The molecule has 30 heavy (non-hydrogen) atoms. The van der Waals surface area contributed by atoms with Gasteiger partial charge in [0.25, 0.3) is 0 Å². The molecule has 0 atom stereocenters. The molecule has 0 radical (unpaired) electrons. The highest BCUT2D eigenvalue weighted by molar-refractivity contribution is 6.13. The number of methoxy groups -OCH3 is 6. The first kappa shape index (κ1) is 21.5. The third-order valence-electron chi connectivity index (χ3n) is 4.66. The lowest BCUT2D eigenvalue weighted by Crippen LogP contribution is -2.07. The van der Waals surface area contributed by atoms with Gasteiger partial charge in [-0.05, 0) is 17.7 Å². The van der Waals surface area contributed by atoms with Crippen LogP contribution in [-0.2, 0) is 16.1 Å². The second kappa shape index (κ2) is 9.10. The molecule has 0 spiro atoms. The van der Waals surface area contributed by atoms with Crippen molar-refractivity contribution in [2.45, 2.75) is 6.61 Å². The molecule has 9 nitrogen and oxygen atoms in total. The fraction of sp³-hybridized carbons (Fsp3) is 0.381. The van der Waals surface area contributed by atoms with E-state index >= 15 is 0 Å². The van der Waals surface area contributed by atoms with E-state index < -0.39 is 5.63 Å². The van der Waals surface area contributed by atoms with E-state index in [0.717, 1.165) is 0 Å². The van der Waals surface area contributed by atoms with Crippen molar-refractivity contribution < 1.29 is 37.6 Å². The second-order valence-corrected chi connectivity index (χ2v) is 6.19. The van der Waals surface area contributed by atoms with Crippen LogP contribution in [0.15, 0.2) is 21.3 Å². The van der Waals surface area contributed by atoms with Crippen LogP contribution >= 0.6 is 0 Å². The van der Waals surface area contributed by atoms with Crippen LogP contribution in [-0.4, -0.2) is 49.5 Å². The summed E-state index contributed by atoms with van der Waals surface area (Å²) in [7, 11) is 8.95. The van der Waals surface area contributed by atoms with Crippen molar-refractivity contribution in [2.75, 3.05) is 49.5 Å². The van der Waals surface area contributed by atoms with E-state index in [9.17, 15) is 4.79 Å². The van der Waals surface area contributed by atoms with Gasteiger partial charge < -0.3 is 37.6 Å². The molecule has 0 aliphatic heterocycles. The molecule has 0 aliphatic carbocycles. The molecule has 0 fully saturated rings. The molecule has 3 aromatic rings. The molecule has 0 unspecified atom stereocenters. The van der Waals surface area contributed by atoms with E-state index in [0.29, 0.717) is 39.3 Å². The van der Waals surface area contributed by atoms with Gasteiger partial charge in [-0.15, -0.1) is 0 Å². The van der Waals surface area contributed by atoms with E-state index in [1.54, 1.807) is 12.1 Å². The molecule has 0 N–H and O–H groups in total. The normalized spacial score (nSPS) is 11.0. The van der Waals surface area contributed by atoms with Crippen LogP contribution in [0.2, 0.25) is 0 Å². The number of hydrogen-bond donors (Lipinski definition) is 0. The minimum absolute atomic E-state index is 0.0822. The Morgan fingerprint density at radius 2 is 1.40 bits per heavy atom. The summed E-state index contributed by atoms with van der Waals surface area (Å²) in [5.41, 5.74) is 0.293. The first-order valence-corrected chi connectivity index (χ1v) is 8.96. The molecule has 9 heteroatoms. The van der Waals surface area contributed by atoms with Gasteiger partial charge in [0, 0.05) is 17.9 Å². The molecule has 2 aromatic carbocycles. The van der Waals surface area contributed by atoms with Crippen LogP contribution in [0.25, 0.3) is 21.7 Å². The Labute approximate surface area is 172 Å². The Bertz CT molecular complexity index is 1120. The predicted octanol–water partition coefficient (Wildman–Crippen LogP) is 3.11. The van der Waals surface area contributed by atoms with E-state index in [-0.39, 0.29) is 30.1 Å². The summed E-state index contributed by atoms with van der Waals surface area (Å²) < 4.78 is 43.7. The first-order valence-electron chi connectivity index (χ1n) is 8.96. The third-order valence-corrected chi connectivity index (χ3v) is 4.66. The third kappa shape index (κ3) is 3.46. The quantitative estimate of drug-likeness (QED) is 0.224. The summed E-state index contributed by atoms with van der Waals surface area (Å²) in [6.45, 7) is 0.240. The Morgan fingerprint density at radius 1 is 0.767 bits per heavy atom. The van der Waals surface area contributed by atoms with E-state index in [2.05, 4.69) is 0 Å². The van der Waals surface area contributed by atoms with Crippen molar-refractivity contribution in [1.29, 1.82) is 0 Å². The first-order chi connectivity index (χ1) is 14.6. The van der Waals surface area contributed by atoms with Crippen LogP contribution in [0.1, 0.15) is 5.56 Å². The Kier molecular flexibility index (Phi) is 6.53. The maximum absolute atomic E-state index is 12.9. The van der Waals surface area contributed by atoms with Crippen molar-refractivity contribution in [3.8, 4) is 28.7 Å². The Morgan fingerprint density at radius 3 is 1.97 bits per heavy atom. The van der Waals surface area contributed by atoms with Gasteiger partial charge in [0.2, 0.25) is 11.5 Å². The van der Waals surface area contributed by atoms with Gasteiger partial charge in [0.05, 0.1) is 47.5 Å². The topological polar surface area (TPSA) is 94.8 Å². The lowest BCUT2D eigenvalue weighted by atomic mass is 10.00. The molecule has 3 rings (SSSR count). The maximum Gasteiger partial charge on any atom is 0.344 e. The molecular formula is C21H24O9. The fourth-order valence-corrected chi connectivity index (χ4v) is 3.45. The van der Waals surface area contributed by atoms with Gasteiger partial charge in [-0.25, -0.2) is 4.79 Å². The SMILES string of the molecule is COCOCc1cc(OC)c(OC)c2oc(=O)c3cc(OC)c(OC)c(OC)c3c12. The monoisotopic (exact) mass is 420 g/mol. The molecule has 0 aliphatic rings. The van der Waals surface area contributed by atoms with Crippen molar-refractivity contribution in [1.82, 2.24) is 0 Å². The van der Waals surface area contributed by atoms with Gasteiger partial charge in [-0.2, -0.15) is 0 Å². The largest absolute Gasteiger partial charge is 0.493 e. The number of ether oxygens (including phenoxy) is 7. The minimum atomic E-state index is -0.591. The van der Waals surface area contributed by atoms with Crippen LogP contribution in [0.5, 0.6) is 28.7 Å². The van der Waals surface area contributed by atoms with Crippen molar-refractivity contribution >= 4 is 21.7 Å². The highest BCUT2D eigenvalue weighted by Crippen LogP contribution is 2.48. The fourth-order valence-electron chi connectivity index (χ4n) is 3.45. The smallest absolute Gasteiger partial charge is 0.344 e. The number of fused-ring (bicyclic) bond motifs is 3. The predicted molar refractivity (Wildman–Crippen MR) is 109 cm³/mol. The lowest BCUT2D eigenvalue weighted by Gasteiger charge is -2.18. The zero-order chi connectivity index (χ0) is 21.8. The highest BCUT2D eigenvalue weighted by Gasteiger charge is 2.26. The molecular weight excluding hydrogens is 396 g/mol. The number of hydrogen-bond acceptors (Lipinski definition) is 9. The van der Waals surface area contributed by atoms with Gasteiger partial charge in [-0.3, -0.25) is 0 Å². The molecule has 1 heterocycles. The Balaban J connectivity index is 2.56. The summed E-state index contributed by atoms with van der Waals surface area (Å²) in [4.78, 5) is 12.9. The highest BCUT2D eigenvalue weighted by atomic mass is 16.7. The number of rotatable bonds is 9. The summed E-state index contributed by atoms with van der Waals surface area (Å²) in [5.74, 6) is 1.68. The molecule has 1 aromatic heterocycles. The van der Waals surface area contributed by atoms with Gasteiger partial charge >= 0.3 is 5.63 Å². The lowest BCUT2D eigenvalue weighted by molar-refractivity contribution is -0.0387. The maximum atomic E-state index is 12.9. The van der Waals surface area contributed by atoms with Gasteiger partial charge in [0.15, 0.2) is 22.8 Å². The van der Waals surface area contributed by atoms with Crippen LogP contribution in [0.4, 0.5) is 0 Å². The van der Waals surface area contributed by atoms with Crippen LogP contribution in [0, 0.1) is 0 Å². The molecule has 0 saturated heterocycles. The van der Waals surface area contributed by atoms with E-state index in [1.807, 2.05) is 0 Å². The van der Waals surface area contributed by atoms with Crippen LogP contribution in [0.3, 0.4) is 0 Å². The van der Waals surface area contributed by atoms with Gasteiger partial charge in [-0.1, -0.05) is 0 Å². The van der Waals surface area contributed by atoms with E-state index in [1.165, 1.54) is 42.7 Å². The van der Waals surface area contributed by atoms with Crippen molar-refractivity contribution in [3.63, 3.8) is 0 Å². The average Bonchev–Trinajstić information content (AvgIpc) is 2.77. The average molecular weight is 420 g/mol. The summed E-state index contributed by atoms with van der Waals surface area (Å²) in [5, 5.41) is 1.31. The molecule has 0 amide bonds. The van der Waals surface area contributed by atoms with Gasteiger partial charge in [0.1, 0.15) is 6.79 Å². The molecule has 162 valence electrons. The van der Waals surface area contributed by atoms with E-state index in [4.69, 9.17) is 37.6 Å². The minimum Gasteiger partial charge on any atom is -0.493 e. The van der Waals surface area contributed by atoms with Crippen molar-refractivity contribution in [3.05, 3.63) is 28.1 Å². The summed E-state index contributed by atoms with van der Waals surface area (Å²) >= 11 is 0. The molecule has 0 saturated carbocycles.